The fraction of sp³-hybridized carbons (Fsp3) is 0.900. The minimum Gasteiger partial charge on any atom is -0.395 e. The Labute approximate surface area is 96.7 Å². The van der Waals surface area contributed by atoms with Gasteiger partial charge in [-0.25, -0.2) is 12.7 Å². The molecule has 1 heterocycles. The van der Waals surface area contributed by atoms with Crippen LogP contribution in [0.5, 0.6) is 0 Å². The second-order valence-corrected chi connectivity index (χ2v) is 6.36. The Morgan fingerprint density at radius 1 is 1.62 bits per heavy atom. The zero-order chi connectivity index (χ0) is 12.2. The molecule has 1 aliphatic heterocycles. The van der Waals surface area contributed by atoms with Crippen LogP contribution in [-0.4, -0.2) is 43.8 Å². The van der Waals surface area contributed by atoms with Crippen molar-refractivity contribution in [3.63, 3.8) is 0 Å². The molecule has 0 bridgehead atoms. The van der Waals surface area contributed by atoms with E-state index in [0.717, 1.165) is 12.8 Å². The third-order valence-electron chi connectivity index (χ3n) is 2.97. The Hall–Kier alpha value is -0.640. The Bertz CT molecular complexity index is 361. The van der Waals surface area contributed by atoms with Crippen LogP contribution in [0.3, 0.4) is 0 Å². The number of sulfonamides is 1. The summed E-state index contributed by atoms with van der Waals surface area (Å²) in [4.78, 5) is 0. The molecule has 1 aliphatic rings. The predicted molar refractivity (Wildman–Crippen MR) is 59.9 cm³/mol. The number of aliphatic hydroxyl groups is 1. The molecule has 2 unspecified atom stereocenters. The lowest BCUT2D eigenvalue weighted by Gasteiger charge is -2.31. The number of nitrogens with zero attached hydrogens (tertiary/aromatic N) is 2. The van der Waals surface area contributed by atoms with Crippen LogP contribution in [-0.2, 0) is 10.0 Å². The highest BCUT2D eigenvalue weighted by atomic mass is 32.2. The highest BCUT2D eigenvalue weighted by Gasteiger charge is 2.27. The van der Waals surface area contributed by atoms with Crippen LogP contribution in [0.25, 0.3) is 0 Å². The summed E-state index contributed by atoms with van der Waals surface area (Å²) in [6.07, 6.45) is 3.56. The van der Waals surface area contributed by atoms with Gasteiger partial charge < -0.3 is 5.11 Å². The lowest BCUT2D eigenvalue weighted by atomic mass is 9.90. The zero-order valence-electron chi connectivity index (χ0n) is 9.46. The molecule has 0 aromatic carbocycles. The van der Waals surface area contributed by atoms with Crippen LogP contribution in [0, 0.1) is 23.2 Å². The molecule has 1 fully saturated rings. The summed E-state index contributed by atoms with van der Waals surface area (Å²) in [5.41, 5.74) is 0. The van der Waals surface area contributed by atoms with Crippen molar-refractivity contribution in [2.45, 2.75) is 19.3 Å². The van der Waals surface area contributed by atoms with E-state index >= 15 is 0 Å². The van der Waals surface area contributed by atoms with Crippen molar-refractivity contribution in [1.82, 2.24) is 4.31 Å². The van der Waals surface area contributed by atoms with Crippen molar-refractivity contribution in [2.24, 2.45) is 11.8 Å². The van der Waals surface area contributed by atoms with E-state index in [1.165, 1.54) is 10.6 Å². The molecule has 0 aromatic rings. The highest BCUT2D eigenvalue weighted by molar-refractivity contribution is 7.88. The van der Waals surface area contributed by atoms with Crippen molar-refractivity contribution in [3.05, 3.63) is 0 Å². The maximum atomic E-state index is 11.4. The summed E-state index contributed by atoms with van der Waals surface area (Å²) in [6.45, 7) is 0.911. The number of rotatable bonds is 4. The lowest BCUT2D eigenvalue weighted by molar-refractivity contribution is 0.197. The summed E-state index contributed by atoms with van der Waals surface area (Å²) in [5.74, 6) is -0.176. The molecule has 16 heavy (non-hydrogen) atoms. The second kappa shape index (κ2) is 5.62. The van der Waals surface area contributed by atoms with Gasteiger partial charge in [-0.15, -0.1) is 0 Å². The largest absolute Gasteiger partial charge is 0.395 e. The van der Waals surface area contributed by atoms with E-state index in [1.807, 2.05) is 6.07 Å². The standard InChI is InChI=1S/C10H18N2O3S/c1-16(14,15)12-4-2-3-9(7-12)5-10(6-11)8-13/h9-10,13H,2-5,7-8H2,1H3. The molecule has 2 atom stereocenters. The van der Waals surface area contributed by atoms with E-state index in [4.69, 9.17) is 10.4 Å². The molecule has 0 spiro atoms. The van der Waals surface area contributed by atoms with E-state index in [2.05, 4.69) is 0 Å². The van der Waals surface area contributed by atoms with Gasteiger partial charge in [0.15, 0.2) is 0 Å². The lowest BCUT2D eigenvalue weighted by Crippen LogP contribution is -2.39. The minimum absolute atomic E-state index is 0.147. The van der Waals surface area contributed by atoms with E-state index in [1.54, 1.807) is 0 Å². The zero-order valence-corrected chi connectivity index (χ0v) is 10.3. The third-order valence-corrected chi connectivity index (χ3v) is 4.24. The molecule has 0 radical (unpaired) electrons. The Morgan fingerprint density at radius 2 is 2.31 bits per heavy atom. The van der Waals surface area contributed by atoms with Gasteiger partial charge in [0, 0.05) is 13.1 Å². The van der Waals surface area contributed by atoms with Crippen LogP contribution in [0.2, 0.25) is 0 Å². The average Bonchev–Trinajstić information content (AvgIpc) is 2.25. The summed E-state index contributed by atoms with van der Waals surface area (Å²) in [6, 6.07) is 2.03. The van der Waals surface area contributed by atoms with E-state index < -0.39 is 10.0 Å². The predicted octanol–water partition coefficient (Wildman–Crippen LogP) is 0.180. The molecule has 0 amide bonds. The van der Waals surface area contributed by atoms with Crippen LogP contribution >= 0.6 is 0 Å². The van der Waals surface area contributed by atoms with Crippen LogP contribution in [0.1, 0.15) is 19.3 Å². The van der Waals surface area contributed by atoms with E-state index in [-0.39, 0.29) is 18.4 Å². The molecule has 0 aromatic heterocycles. The van der Waals surface area contributed by atoms with E-state index in [9.17, 15) is 8.42 Å². The Kier molecular flexibility index (Phi) is 4.71. The molecule has 1 rings (SSSR count). The maximum absolute atomic E-state index is 11.4. The maximum Gasteiger partial charge on any atom is 0.211 e. The van der Waals surface area contributed by atoms with Crippen molar-refractivity contribution in [2.75, 3.05) is 26.0 Å². The van der Waals surface area contributed by atoms with Gasteiger partial charge in [-0.2, -0.15) is 5.26 Å². The van der Waals surface area contributed by atoms with Gasteiger partial charge in [0.2, 0.25) is 10.0 Å². The molecular weight excluding hydrogens is 228 g/mol. The summed E-state index contributed by atoms with van der Waals surface area (Å²) < 4.78 is 24.2. The van der Waals surface area contributed by atoms with Gasteiger partial charge in [0.05, 0.1) is 24.8 Å². The third kappa shape index (κ3) is 3.74. The van der Waals surface area contributed by atoms with Gasteiger partial charge in [-0.3, -0.25) is 0 Å². The summed E-state index contributed by atoms with van der Waals surface area (Å²) >= 11 is 0. The first-order valence-corrected chi connectivity index (χ1v) is 7.27. The molecule has 1 saturated heterocycles. The first-order valence-electron chi connectivity index (χ1n) is 5.43. The van der Waals surface area contributed by atoms with Crippen molar-refractivity contribution < 1.29 is 13.5 Å². The quantitative estimate of drug-likeness (QED) is 0.767. The van der Waals surface area contributed by atoms with Crippen molar-refractivity contribution in [3.8, 4) is 6.07 Å². The van der Waals surface area contributed by atoms with Gasteiger partial charge in [0.1, 0.15) is 0 Å². The molecule has 0 saturated carbocycles. The van der Waals surface area contributed by atoms with Crippen LogP contribution in [0.4, 0.5) is 0 Å². The summed E-state index contributed by atoms with van der Waals surface area (Å²) in [5, 5.41) is 17.7. The number of aliphatic hydroxyl groups excluding tert-OH is 1. The average molecular weight is 246 g/mol. The normalized spacial score (nSPS) is 24.9. The Balaban J connectivity index is 2.55. The Morgan fingerprint density at radius 3 is 2.81 bits per heavy atom. The molecule has 5 nitrogen and oxygen atoms in total. The number of nitriles is 1. The van der Waals surface area contributed by atoms with Crippen LogP contribution < -0.4 is 0 Å². The van der Waals surface area contributed by atoms with Gasteiger partial charge in [-0.1, -0.05) is 0 Å². The summed E-state index contributed by atoms with van der Waals surface area (Å²) in [7, 11) is -3.12. The first kappa shape index (κ1) is 13.4. The number of hydrogen-bond donors (Lipinski definition) is 1. The fourth-order valence-corrected chi connectivity index (χ4v) is 3.03. The topological polar surface area (TPSA) is 81.4 Å². The van der Waals surface area contributed by atoms with Gasteiger partial charge >= 0.3 is 0 Å². The first-order chi connectivity index (χ1) is 7.47. The van der Waals surface area contributed by atoms with Crippen molar-refractivity contribution >= 4 is 10.0 Å². The van der Waals surface area contributed by atoms with Crippen molar-refractivity contribution in [1.29, 1.82) is 5.26 Å². The SMILES string of the molecule is CS(=O)(=O)N1CCCC(CC(C#N)CO)C1. The molecular formula is C10H18N2O3S. The molecule has 0 aliphatic carbocycles. The van der Waals surface area contributed by atoms with Gasteiger partial charge in [-0.05, 0) is 25.2 Å². The smallest absolute Gasteiger partial charge is 0.211 e. The minimum atomic E-state index is -3.12. The second-order valence-electron chi connectivity index (χ2n) is 4.37. The van der Waals surface area contributed by atoms with E-state index in [0.29, 0.717) is 19.5 Å². The molecule has 92 valence electrons. The van der Waals surface area contributed by atoms with Crippen LogP contribution in [0.15, 0.2) is 0 Å². The number of piperidine rings is 1. The molecule has 6 heteroatoms. The number of hydrogen-bond acceptors (Lipinski definition) is 4. The fourth-order valence-electron chi connectivity index (χ4n) is 2.09. The van der Waals surface area contributed by atoms with Gasteiger partial charge in [0.25, 0.3) is 0 Å². The monoisotopic (exact) mass is 246 g/mol. The molecule has 1 N–H and O–H groups in total. The highest BCUT2D eigenvalue weighted by Crippen LogP contribution is 2.24.